The van der Waals surface area contributed by atoms with E-state index in [1.54, 1.807) is 0 Å². The van der Waals surface area contributed by atoms with E-state index in [0.717, 1.165) is 6.54 Å². The Balaban J connectivity index is 2.27. The molecule has 2 heteroatoms. The van der Waals surface area contributed by atoms with Gasteiger partial charge in [0.15, 0.2) is 0 Å². The van der Waals surface area contributed by atoms with Crippen LogP contribution in [0, 0.1) is 13.8 Å². The lowest BCUT2D eigenvalue weighted by atomic mass is 9.92. The third-order valence-corrected chi connectivity index (χ3v) is 4.55. The maximum Gasteiger partial charge on any atom is 0.0476 e. The first-order chi connectivity index (χ1) is 9.17. The molecule has 1 heterocycles. The second-order valence-electron chi connectivity index (χ2n) is 5.91. The highest BCUT2D eigenvalue weighted by Gasteiger charge is 2.28. The molecule has 2 atom stereocenters. The molecule has 2 N–H and O–H groups in total. The van der Waals surface area contributed by atoms with Crippen molar-refractivity contribution < 1.29 is 0 Å². The summed E-state index contributed by atoms with van der Waals surface area (Å²) in [5.41, 5.74) is 10.3. The Morgan fingerprint density at radius 2 is 2.11 bits per heavy atom. The number of rotatable bonds is 4. The molecule has 106 valence electrons. The molecular weight excluding hydrogens is 232 g/mol. The van der Waals surface area contributed by atoms with Gasteiger partial charge in [0.2, 0.25) is 0 Å². The first-order valence-electron chi connectivity index (χ1n) is 7.70. The van der Waals surface area contributed by atoms with E-state index >= 15 is 0 Å². The van der Waals surface area contributed by atoms with E-state index in [1.807, 2.05) is 0 Å². The summed E-state index contributed by atoms with van der Waals surface area (Å²) in [5.74, 6) is 0. The topological polar surface area (TPSA) is 29.3 Å². The van der Waals surface area contributed by atoms with Crippen LogP contribution in [0.5, 0.6) is 0 Å². The van der Waals surface area contributed by atoms with Crippen LogP contribution in [0.4, 0.5) is 0 Å². The van der Waals surface area contributed by atoms with Crippen LogP contribution in [0.1, 0.15) is 55.3 Å². The fraction of sp³-hybridized carbons (Fsp3) is 0.647. The van der Waals surface area contributed by atoms with E-state index in [4.69, 9.17) is 5.73 Å². The van der Waals surface area contributed by atoms with Crippen LogP contribution < -0.4 is 5.73 Å². The average Bonchev–Trinajstić information content (AvgIpc) is 2.42. The quantitative estimate of drug-likeness (QED) is 0.896. The molecule has 2 unspecified atom stereocenters. The summed E-state index contributed by atoms with van der Waals surface area (Å²) in [6.45, 7) is 8.60. The Labute approximate surface area is 118 Å². The molecule has 1 aliphatic heterocycles. The molecule has 1 aromatic carbocycles. The summed E-state index contributed by atoms with van der Waals surface area (Å²) in [4.78, 5) is 2.65. The van der Waals surface area contributed by atoms with Crippen molar-refractivity contribution in [2.24, 2.45) is 5.73 Å². The van der Waals surface area contributed by atoms with E-state index in [2.05, 4.69) is 43.9 Å². The van der Waals surface area contributed by atoms with Gasteiger partial charge < -0.3 is 5.73 Å². The number of nitrogens with zero attached hydrogens (tertiary/aromatic N) is 1. The summed E-state index contributed by atoms with van der Waals surface area (Å²) in [6.07, 6.45) is 5.26. The fourth-order valence-electron chi connectivity index (χ4n) is 3.51. The Morgan fingerprint density at radius 1 is 1.32 bits per heavy atom. The molecule has 0 spiro atoms. The molecule has 0 amide bonds. The van der Waals surface area contributed by atoms with E-state index in [-0.39, 0.29) is 0 Å². The van der Waals surface area contributed by atoms with Gasteiger partial charge >= 0.3 is 0 Å². The molecule has 0 aliphatic carbocycles. The zero-order valence-electron chi connectivity index (χ0n) is 12.7. The molecule has 0 bridgehead atoms. The Hall–Kier alpha value is -0.860. The van der Waals surface area contributed by atoms with Crippen molar-refractivity contribution in [3.05, 3.63) is 34.9 Å². The summed E-state index contributed by atoms with van der Waals surface area (Å²) in [6, 6.07) is 7.89. The van der Waals surface area contributed by atoms with E-state index in [1.165, 1.54) is 48.9 Å². The van der Waals surface area contributed by atoms with Crippen molar-refractivity contribution in [1.82, 2.24) is 4.90 Å². The molecule has 0 radical (unpaired) electrons. The Bertz CT molecular complexity index is 414. The molecule has 1 aromatic rings. The van der Waals surface area contributed by atoms with Gasteiger partial charge in [-0.25, -0.2) is 0 Å². The van der Waals surface area contributed by atoms with Crippen molar-refractivity contribution >= 4 is 0 Å². The zero-order valence-corrected chi connectivity index (χ0v) is 12.7. The largest absolute Gasteiger partial charge is 0.329 e. The zero-order chi connectivity index (χ0) is 13.8. The molecule has 0 saturated carbocycles. The van der Waals surface area contributed by atoms with Gasteiger partial charge in [-0.05, 0) is 50.8 Å². The minimum absolute atomic E-state index is 0.394. The highest BCUT2D eigenvalue weighted by atomic mass is 15.2. The maximum atomic E-state index is 6.12. The van der Waals surface area contributed by atoms with Gasteiger partial charge in [0.05, 0.1) is 0 Å². The van der Waals surface area contributed by atoms with Gasteiger partial charge in [-0.15, -0.1) is 0 Å². The molecule has 2 nitrogen and oxygen atoms in total. The standard InChI is InChI=1S/C17H28N2/c1-4-15-7-5-6-10-19(15)17(12-18)16-9-8-13(2)11-14(16)3/h8-9,11,15,17H,4-7,10,12,18H2,1-3H3. The maximum absolute atomic E-state index is 6.12. The lowest BCUT2D eigenvalue weighted by Crippen LogP contribution is -2.44. The monoisotopic (exact) mass is 260 g/mol. The molecular formula is C17H28N2. The number of piperidine rings is 1. The number of aryl methyl sites for hydroxylation is 2. The highest BCUT2D eigenvalue weighted by molar-refractivity contribution is 5.33. The number of benzene rings is 1. The van der Waals surface area contributed by atoms with Gasteiger partial charge in [-0.1, -0.05) is 37.1 Å². The summed E-state index contributed by atoms with van der Waals surface area (Å²) < 4.78 is 0. The smallest absolute Gasteiger partial charge is 0.0476 e. The Morgan fingerprint density at radius 3 is 2.74 bits per heavy atom. The number of hydrogen-bond donors (Lipinski definition) is 1. The molecule has 0 aromatic heterocycles. The second kappa shape index (κ2) is 6.53. The first kappa shape index (κ1) is 14.5. The van der Waals surface area contributed by atoms with E-state index < -0.39 is 0 Å². The number of nitrogens with two attached hydrogens (primary N) is 1. The predicted molar refractivity (Wildman–Crippen MR) is 82.3 cm³/mol. The number of hydrogen-bond acceptors (Lipinski definition) is 2. The highest BCUT2D eigenvalue weighted by Crippen LogP contribution is 2.31. The molecule has 19 heavy (non-hydrogen) atoms. The normalized spacial score (nSPS) is 22.4. The number of likely N-dealkylation sites (tertiary alicyclic amines) is 1. The summed E-state index contributed by atoms with van der Waals surface area (Å²) in [7, 11) is 0. The van der Waals surface area contributed by atoms with Crippen LogP contribution in [0.25, 0.3) is 0 Å². The van der Waals surface area contributed by atoms with Crippen molar-refractivity contribution in [1.29, 1.82) is 0 Å². The van der Waals surface area contributed by atoms with Crippen LogP contribution in [-0.4, -0.2) is 24.0 Å². The van der Waals surface area contributed by atoms with Crippen molar-refractivity contribution in [2.45, 2.75) is 58.5 Å². The van der Waals surface area contributed by atoms with E-state index in [0.29, 0.717) is 12.1 Å². The molecule has 1 aliphatic rings. The minimum atomic E-state index is 0.394. The predicted octanol–water partition coefficient (Wildman–Crippen LogP) is 3.57. The average molecular weight is 260 g/mol. The minimum Gasteiger partial charge on any atom is -0.329 e. The van der Waals surface area contributed by atoms with Crippen molar-refractivity contribution in [2.75, 3.05) is 13.1 Å². The van der Waals surface area contributed by atoms with Crippen LogP contribution in [-0.2, 0) is 0 Å². The molecule has 1 saturated heterocycles. The molecule has 1 fully saturated rings. The van der Waals surface area contributed by atoms with Gasteiger partial charge in [0.25, 0.3) is 0 Å². The van der Waals surface area contributed by atoms with Gasteiger partial charge in [0.1, 0.15) is 0 Å². The lowest BCUT2D eigenvalue weighted by molar-refractivity contribution is 0.0946. The molecule has 2 rings (SSSR count). The second-order valence-corrected chi connectivity index (χ2v) is 5.91. The summed E-state index contributed by atoms with van der Waals surface area (Å²) in [5, 5.41) is 0. The van der Waals surface area contributed by atoms with Gasteiger partial charge in [-0.2, -0.15) is 0 Å². The van der Waals surface area contributed by atoms with Crippen molar-refractivity contribution in [3.63, 3.8) is 0 Å². The van der Waals surface area contributed by atoms with Gasteiger partial charge in [-0.3, -0.25) is 4.90 Å². The van der Waals surface area contributed by atoms with Gasteiger partial charge in [0, 0.05) is 18.6 Å². The SMILES string of the molecule is CCC1CCCCN1C(CN)c1ccc(C)cc1C. The Kier molecular flexibility index (Phi) is 5.00. The fourth-order valence-corrected chi connectivity index (χ4v) is 3.51. The van der Waals surface area contributed by atoms with Crippen molar-refractivity contribution in [3.8, 4) is 0 Å². The van der Waals surface area contributed by atoms with E-state index in [9.17, 15) is 0 Å². The third-order valence-electron chi connectivity index (χ3n) is 4.55. The van der Waals surface area contributed by atoms with Crippen LogP contribution in [0.15, 0.2) is 18.2 Å². The summed E-state index contributed by atoms with van der Waals surface area (Å²) >= 11 is 0. The first-order valence-corrected chi connectivity index (χ1v) is 7.70. The third kappa shape index (κ3) is 3.18. The van der Waals surface area contributed by atoms with Crippen LogP contribution in [0.2, 0.25) is 0 Å². The van der Waals surface area contributed by atoms with Crippen LogP contribution >= 0.6 is 0 Å². The lowest BCUT2D eigenvalue weighted by Gasteiger charge is -2.41. The van der Waals surface area contributed by atoms with Crippen LogP contribution in [0.3, 0.4) is 0 Å².